The van der Waals surface area contributed by atoms with Crippen molar-refractivity contribution >= 4 is 39.8 Å². The Morgan fingerprint density at radius 1 is 1.05 bits per heavy atom. The summed E-state index contributed by atoms with van der Waals surface area (Å²) in [6.07, 6.45) is 4.30. The monoisotopic (exact) mass is 518 g/mol. The minimum absolute atomic E-state index is 0.0273. The zero-order chi connectivity index (χ0) is 27.4. The van der Waals surface area contributed by atoms with E-state index in [4.69, 9.17) is 4.74 Å². The van der Waals surface area contributed by atoms with Gasteiger partial charge in [0.25, 0.3) is 11.9 Å². The average Bonchev–Trinajstić information content (AvgIpc) is 3.39. The number of fused-ring (bicyclic) bond motifs is 1. The lowest BCUT2D eigenvalue weighted by Crippen LogP contribution is -2.13. The molecule has 0 fully saturated rings. The van der Waals surface area contributed by atoms with E-state index in [-0.39, 0.29) is 34.1 Å². The molecule has 0 aliphatic heterocycles. The van der Waals surface area contributed by atoms with Crippen LogP contribution in [0.5, 0.6) is 5.75 Å². The number of rotatable bonds is 6. The van der Waals surface area contributed by atoms with E-state index in [9.17, 15) is 20.0 Å². The average molecular weight is 518 g/mol. The molecule has 0 atom stereocenters. The first-order valence-electron chi connectivity index (χ1n) is 11.4. The summed E-state index contributed by atoms with van der Waals surface area (Å²) in [6, 6.07) is 18.4. The van der Waals surface area contributed by atoms with E-state index in [0.29, 0.717) is 16.5 Å². The third-order valence-corrected chi connectivity index (χ3v) is 5.63. The molecule has 3 aromatic carbocycles. The molecule has 5 rings (SSSR count). The normalized spacial score (nSPS) is 10.9. The largest absolute Gasteiger partial charge is 0.505 e. The van der Waals surface area contributed by atoms with E-state index >= 15 is 0 Å². The van der Waals surface area contributed by atoms with Crippen LogP contribution in [0, 0.1) is 11.3 Å². The van der Waals surface area contributed by atoms with Gasteiger partial charge in [-0.3, -0.25) is 4.79 Å². The van der Waals surface area contributed by atoms with Crippen molar-refractivity contribution in [3.05, 3.63) is 95.9 Å². The van der Waals surface area contributed by atoms with Crippen LogP contribution in [0.2, 0.25) is 0 Å². The molecule has 39 heavy (non-hydrogen) atoms. The van der Waals surface area contributed by atoms with Crippen LogP contribution >= 0.6 is 0 Å². The lowest BCUT2D eigenvalue weighted by molar-refractivity contribution is 0.0600. The van der Waals surface area contributed by atoms with E-state index in [1.165, 1.54) is 48.6 Å². The summed E-state index contributed by atoms with van der Waals surface area (Å²) in [7, 11) is 1.25. The molecular weight excluding hydrogens is 500 g/mol. The second kappa shape index (κ2) is 10.6. The van der Waals surface area contributed by atoms with Crippen molar-refractivity contribution < 1.29 is 19.4 Å². The second-order valence-corrected chi connectivity index (χ2v) is 8.02. The number of carbonyl (C=O) groups is 2. The number of nitrogens with one attached hydrogen (secondary N) is 1. The van der Waals surface area contributed by atoms with Crippen molar-refractivity contribution in [3.63, 3.8) is 0 Å². The highest BCUT2D eigenvalue weighted by Gasteiger charge is 2.22. The van der Waals surface area contributed by atoms with Crippen LogP contribution in [0.1, 0.15) is 26.3 Å². The fraction of sp³-hybridized carbons (Fsp3) is 0.0370. The van der Waals surface area contributed by atoms with Crippen LogP contribution in [-0.2, 0) is 4.74 Å². The number of nitriles is 1. The van der Waals surface area contributed by atoms with Crippen LogP contribution in [-0.4, -0.2) is 43.8 Å². The van der Waals surface area contributed by atoms with Gasteiger partial charge in [-0.05, 0) is 47.2 Å². The summed E-state index contributed by atoms with van der Waals surface area (Å²) in [4.78, 5) is 33.8. The highest BCUT2D eigenvalue weighted by molar-refractivity contribution is 6.17. The Labute approximate surface area is 220 Å². The number of azo groups is 1. The number of para-hydroxylation sites is 1. The Hall–Kier alpha value is -5.96. The standard InChI is InChI=1S/C27H18N8O4/c1-39-26(38)17-9-8-16-13-21(23(36)22(20(16)12-17)25(37)32-19-6-3-2-4-7-19)33-34-24-18(14-28)15-31-35(24)27-29-10-5-11-30-27/h2-13,15,36H,1H3,(H,32,37). The Morgan fingerprint density at radius 3 is 2.54 bits per heavy atom. The van der Waals surface area contributed by atoms with E-state index in [1.807, 2.05) is 6.07 Å². The highest BCUT2D eigenvalue weighted by Crippen LogP contribution is 2.39. The summed E-state index contributed by atoms with van der Waals surface area (Å²) >= 11 is 0. The number of esters is 1. The van der Waals surface area contributed by atoms with Gasteiger partial charge in [-0.15, -0.1) is 10.2 Å². The lowest BCUT2D eigenvalue weighted by atomic mass is 9.99. The molecule has 12 nitrogen and oxygen atoms in total. The maximum Gasteiger partial charge on any atom is 0.337 e. The van der Waals surface area contributed by atoms with Gasteiger partial charge in [-0.2, -0.15) is 15.0 Å². The van der Waals surface area contributed by atoms with Crippen molar-refractivity contribution in [1.82, 2.24) is 19.7 Å². The molecule has 0 aliphatic carbocycles. The zero-order valence-corrected chi connectivity index (χ0v) is 20.3. The first kappa shape index (κ1) is 24.7. The van der Waals surface area contributed by atoms with Gasteiger partial charge in [0.15, 0.2) is 11.6 Å². The maximum absolute atomic E-state index is 13.4. The first-order chi connectivity index (χ1) is 19.0. The van der Waals surface area contributed by atoms with Gasteiger partial charge < -0.3 is 15.2 Å². The predicted octanol–water partition coefficient (Wildman–Crippen LogP) is 4.85. The minimum atomic E-state index is -0.636. The number of hydrogen-bond donors (Lipinski definition) is 2. The smallest absolute Gasteiger partial charge is 0.337 e. The van der Waals surface area contributed by atoms with Gasteiger partial charge in [0.2, 0.25) is 0 Å². The number of benzene rings is 3. The molecule has 0 saturated carbocycles. The number of phenols is 1. The molecule has 5 aromatic rings. The number of ether oxygens (including phenoxy) is 1. The molecule has 2 heterocycles. The number of nitrogens with zero attached hydrogens (tertiary/aromatic N) is 7. The van der Waals surface area contributed by atoms with Gasteiger partial charge in [-0.25, -0.2) is 14.8 Å². The molecule has 190 valence electrons. The molecular formula is C27H18N8O4. The van der Waals surface area contributed by atoms with E-state index in [0.717, 1.165) is 0 Å². The van der Waals surface area contributed by atoms with Crippen LogP contribution in [0.15, 0.2) is 89.5 Å². The maximum atomic E-state index is 13.4. The van der Waals surface area contributed by atoms with Gasteiger partial charge >= 0.3 is 5.97 Å². The number of amides is 1. The molecule has 0 unspecified atom stereocenters. The molecule has 1 amide bonds. The van der Waals surface area contributed by atoms with Crippen LogP contribution in [0.3, 0.4) is 0 Å². The predicted molar refractivity (Wildman–Crippen MR) is 139 cm³/mol. The van der Waals surface area contributed by atoms with E-state index in [1.54, 1.807) is 42.5 Å². The molecule has 2 N–H and O–H groups in total. The van der Waals surface area contributed by atoms with Crippen molar-refractivity contribution in [2.24, 2.45) is 10.2 Å². The number of hydrogen-bond acceptors (Lipinski definition) is 10. The summed E-state index contributed by atoms with van der Waals surface area (Å²) in [5, 5.41) is 36.7. The fourth-order valence-electron chi connectivity index (χ4n) is 3.80. The highest BCUT2D eigenvalue weighted by atomic mass is 16.5. The molecule has 0 radical (unpaired) electrons. The van der Waals surface area contributed by atoms with Crippen LogP contribution in [0.25, 0.3) is 16.7 Å². The van der Waals surface area contributed by atoms with Gasteiger partial charge in [0, 0.05) is 18.1 Å². The van der Waals surface area contributed by atoms with Gasteiger partial charge in [-0.1, -0.05) is 24.3 Å². The third kappa shape index (κ3) is 4.87. The molecule has 0 saturated heterocycles. The Kier molecular flexibility index (Phi) is 6.70. The lowest BCUT2D eigenvalue weighted by Gasteiger charge is -2.13. The summed E-state index contributed by atoms with van der Waals surface area (Å²) < 4.78 is 6.03. The molecule has 0 bridgehead atoms. The zero-order valence-electron chi connectivity index (χ0n) is 20.3. The Bertz CT molecular complexity index is 1780. The van der Waals surface area contributed by atoms with Crippen molar-refractivity contribution in [2.45, 2.75) is 0 Å². The summed E-state index contributed by atoms with van der Waals surface area (Å²) in [6.45, 7) is 0. The van der Waals surface area contributed by atoms with Crippen molar-refractivity contribution in [3.8, 4) is 17.8 Å². The first-order valence-corrected chi connectivity index (χ1v) is 11.4. The number of carbonyl (C=O) groups excluding carboxylic acids is 2. The van der Waals surface area contributed by atoms with Gasteiger partial charge in [0.1, 0.15) is 17.3 Å². The summed E-state index contributed by atoms with van der Waals surface area (Å²) in [5.41, 5.74) is 0.597. The Balaban J connectivity index is 1.65. The topological polar surface area (TPSA) is 168 Å². The summed E-state index contributed by atoms with van der Waals surface area (Å²) in [5.74, 6) is -1.53. The number of aromatic hydroxyl groups is 1. The third-order valence-electron chi connectivity index (χ3n) is 5.63. The van der Waals surface area contributed by atoms with Crippen molar-refractivity contribution in [1.29, 1.82) is 5.26 Å². The van der Waals surface area contributed by atoms with Crippen LogP contribution in [0.4, 0.5) is 17.2 Å². The number of aromatic nitrogens is 4. The second-order valence-electron chi connectivity index (χ2n) is 8.02. The number of methoxy groups -OCH3 is 1. The van der Waals surface area contributed by atoms with Crippen LogP contribution < -0.4 is 5.32 Å². The van der Waals surface area contributed by atoms with Crippen molar-refractivity contribution in [2.75, 3.05) is 12.4 Å². The fourth-order valence-corrected chi connectivity index (χ4v) is 3.80. The van der Waals surface area contributed by atoms with E-state index in [2.05, 4.69) is 30.6 Å². The SMILES string of the molecule is COC(=O)c1ccc2cc(N=Nc3c(C#N)cnn3-c3ncccn3)c(O)c(C(=O)Nc3ccccc3)c2c1. The molecule has 0 spiro atoms. The minimum Gasteiger partial charge on any atom is -0.505 e. The molecule has 12 heteroatoms. The van der Waals surface area contributed by atoms with E-state index < -0.39 is 17.6 Å². The number of phenolic OH excluding ortho intramolecular Hbond substituents is 1. The molecule has 0 aliphatic rings. The van der Waals surface area contributed by atoms with Gasteiger partial charge in [0.05, 0.1) is 24.4 Å². The molecule has 2 aromatic heterocycles. The Morgan fingerprint density at radius 2 is 1.82 bits per heavy atom. The number of anilines is 1. The quantitative estimate of drug-likeness (QED) is 0.238.